The Morgan fingerprint density at radius 3 is 2.38 bits per heavy atom. The van der Waals surface area contributed by atoms with Crippen molar-refractivity contribution in [3.05, 3.63) is 23.8 Å². The van der Waals surface area contributed by atoms with E-state index in [4.69, 9.17) is 18.9 Å². The van der Waals surface area contributed by atoms with E-state index in [1.807, 2.05) is 7.11 Å². The van der Waals surface area contributed by atoms with Crippen LogP contribution in [0.3, 0.4) is 0 Å². The Balaban J connectivity index is 1.25. The molecule has 4 N–H and O–H groups in total. The number of aliphatic hydroxyl groups excluding tert-OH is 4. The molecule has 6 aliphatic rings. The number of hydrogen-bond acceptors (Lipinski definition) is 8. The molecule has 256 valence electrons. The van der Waals surface area contributed by atoms with Crippen LogP contribution in [0.5, 0.6) is 0 Å². The highest BCUT2D eigenvalue weighted by atomic mass is 16.7. The second-order valence-corrected chi connectivity index (χ2v) is 17.0. The van der Waals surface area contributed by atoms with Gasteiger partial charge >= 0.3 is 0 Å². The second-order valence-electron chi connectivity index (χ2n) is 17.0. The zero-order valence-corrected chi connectivity index (χ0v) is 28.9. The maximum Gasteiger partial charge on any atom is 0.186 e. The van der Waals surface area contributed by atoms with Crippen LogP contribution in [0.4, 0.5) is 0 Å². The molecule has 15 atom stereocenters. The summed E-state index contributed by atoms with van der Waals surface area (Å²) >= 11 is 0. The fraction of sp³-hybridized carbons (Fsp3) is 0.892. The molecule has 6 rings (SSSR count). The van der Waals surface area contributed by atoms with Gasteiger partial charge in [0.1, 0.15) is 24.4 Å². The summed E-state index contributed by atoms with van der Waals surface area (Å²) in [6.07, 6.45) is 8.34. The molecule has 45 heavy (non-hydrogen) atoms. The topological polar surface area (TPSA) is 118 Å². The van der Waals surface area contributed by atoms with E-state index in [0.29, 0.717) is 23.7 Å². The third kappa shape index (κ3) is 4.74. The SMILES string of the molecule is CO[C@H](C=C(C)C)C[C@@H](C)[C@H]1CC[C@@]2(C)[C@@H]3C=C[C@]45OCC3(CC[C@]12C)[C@@H]4CC[C@H](O[C@@H]1O[C@H](CO)[C@@H](O)[C@@H](O)[C@H]1O)C5(C)C. The number of hydrogen-bond donors (Lipinski definition) is 4. The molecule has 8 nitrogen and oxygen atoms in total. The van der Waals surface area contributed by atoms with Crippen molar-refractivity contribution < 1.29 is 39.4 Å². The van der Waals surface area contributed by atoms with Crippen molar-refractivity contribution in [1.82, 2.24) is 0 Å². The van der Waals surface area contributed by atoms with Gasteiger partial charge in [-0.3, -0.25) is 0 Å². The molecule has 1 spiro atoms. The average Bonchev–Trinajstić information content (AvgIpc) is 3.39. The average molecular weight is 633 g/mol. The van der Waals surface area contributed by atoms with Gasteiger partial charge in [-0.15, -0.1) is 0 Å². The smallest absolute Gasteiger partial charge is 0.186 e. The third-order valence-electron chi connectivity index (χ3n) is 14.6. The van der Waals surface area contributed by atoms with Crippen molar-refractivity contribution in [1.29, 1.82) is 0 Å². The van der Waals surface area contributed by atoms with Gasteiger partial charge in [0.25, 0.3) is 0 Å². The Labute approximate surface area is 270 Å². The molecular weight excluding hydrogens is 572 g/mol. The Bertz CT molecular complexity index is 1160. The van der Waals surface area contributed by atoms with Gasteiger partial charge in [0.2, 0.25) is 0 Å². The molecule has 2 bridgehead atoms. The van der Waals surface area contributed by atoms with Gasteiger partial charge in [0.05, 0.1) is 31.0 Å². The highest BCUT2D eigenvalue weighted by molar-refractivity contribution is 5.33. The minimum atomic E-state index is -1.46. The van der Waals surface area contributed by atoms with Crippen molar-refractivity contribution in [2.45, 2.75) is 142 Å². The lowest BCUT2D eigenvalue weighted by Gasteiger charge is -2.65. The first kappa shape index (κ1) is 34.0. The lowest BCUT2D eigenvalue weighted by molar-refractivity contribution is -0.329. The Hall–Kier alpha value is -0.840. The van der Waals surface area contributed by atoms with E-state index >= 15 is 0 Å². The minimum Gasteiger partial charge on any atom is -0.394 e. The van der Waals surface area contributed by atoms with Crippen LogP contribution < -0.4 is 0 Å². The van der Waals surface area contributed by atoms with Crippen LogP contribution in [0.2, 0.25) is 0 Å². The number of aliphatic hydroxyl groups is 4. The van der Waals surface area contributed by atoms with Crippen LogP contribution >= 0.6 is 0 Å². The lowest BCUT2D eigenvalue weighted by atomic mass is 9.38. The normalized spacial score (nSPS) is 51.2. The zero-order chi connectivity index (χ0) is 32.7. The first-order valence-electron chi connectivity index (χ1n) is 17.6. The summed E-state index contributed by atoms with van der Waals surface area (Å²) in [5.74, 6) is 2.06. The van der Waals surface area contributed by atoms with Gasteiger partial charge in [0.15, 0.2) is 6.29 Å². The van der Waals surface area contributed by atoms with Crippen LogP contribution in [0.1, 0.15) is 93.4 Å². The molecular formula is C37H60O8. The summed E-state index contributed by atoms with van der Waals surface area (Å²) in [7, 11) is 1.84. The van der Waals surface area contributed by atoms with Crippen molar-refractivity contribution in [2.24, 2.45) is 45.3 Å². The Morgan fingerprint density at radius 2 is 1.71 bits per heavy atom. The molecule has 0 aromatic rings. The largest absolute Gasteiger partial charge is 0.394 e. The molecule has 8 heteroatoms. The monoisotopic (exact) mass is 632 g/mol. The fourth-order valence-electron chi connectivity index (χ4n) is 11.9. The van der Waals surface area contributed by atoms with Crippen molar-refractivity contribution in [3.63, 3.8) is 0 Å². The van der Waals surface area contributed by atoms with Gasteiger partial charge in [-0.2, -0.15) is 0 Å². The number of ether oxygens (including phenoxy) is 4. The van der Waals surface area contributed by atoms with E-state index in [1.54, 1.807) is 0 Å². The quantitative estimate of drug-likeness (QED) is 0.283. The molecule has 5 fully saturated rings. The molecule has 2 saturated heterocycles. The van der Waals surface area contributed by atoms with E-state index in [2.05, 4.69) is 66.7 Å². The van der Waals surface area contributed by atoms with E-state index in [-0.39, 0.29) is 28.5 Å². The standard InChI is InChI=1S/C37H60O8/c1-21(2)17-23(42-8)18-22(3)24-11-13-35(7)26-12-14-37-27(36(26,20-43-37)16-15-34(24,35)6)9-10-28(33(37,4)5)45-32-31(41)30(40)29(39)25(19-38)44-32/h12,14,17,22-32,38-41H,9-11,13,15-16,18-20H2,1-8H3/t22-,23-,24-,25-,26+,27+,28+,29-,30-,31-,32+,34-,35+,36?,37+/m1/s1. The van der Waals surface area contributed by atoms with E-state index < -0.39 is 48.3 Å². The Kier molecular flexibility index (Phi) is 8.81. The molecule has 3 saturated carbocycles. The molecule has 0 aromatic carbocycles. The number of methoxy groups -OCH3 is 1. The van der Waals surface area contributed by atoms with Crippen LogP contribution in [0, 0.1) is 45.3 Å². The van der Waals surface area contributed by atoms with Crippen LogP contribution in [-0.2, 0) is 18.9 Å². The van der Waals surface area contributed by atoms with E-state index in [9.17, 15) is 20.4 Å². The maximum atomic E-state index is 10.7. The Morgan fingerprint density at radius 1 is 0.978 bits per heavy atom. The molecule has 1 unspecified atom stereocenters. The maximum absolute atomic E-state index is 10.7. The van der Waals surface area contributed by atoms with E-state index in [0.717, 1.165) is 25.9 Å². The molecule has 0 radical (unpaired) electrons. The summed E-state index contributed by atoms with van der Waals surface area (Å²) < 4.78 is 25.2. The molecule has 0 aromatic heterocycles. The van der Waals surface area contributed by atoms with E-state index in [1.165, 1.54) is 31.3 Å². The molecule has 0 amide bonds. The first-order chi connectivity index (χ1) is 21.1. The summed E-state index contributed by atoms with van der Waals surface area (Å²) in [6, 6.07) is 0. The molecule has 2 heterocycles. The van der Waals surface area contributed by atoms with Crippen LogP contribution in [0.25, 0.3) is 0 Å². The second kappa shape index (κ2) is 11.6. The fourth-order valence-corrected chi connectivity index (χ4v) is 11.9. The number of rotatable bonds is 8. The van der Waals surface area contributed by atoms with Gasteiger partial charge in [-0.25, -0.2) is 0 Å². The van der Waals surface area contributed by atoms with Gasteiger partial charge in [-0.1, -0.05) is 58.4 Å². The van der Waals surface area contributed by atoms with Gasteiger partial charge in [0, 0.05) is 23.9 Å². The molecule has 2 aliphatic heterocycles. The van der Waals surface area contributed by atoms with Crippen molar-refractivity contribution in [3.8, 4) is 0 Å². The summed E-state index contributed by atoms with van der Waals surface area (Å²) in [4.78, 5) is 0. The minimum absolute atomic E-state index is 0.0869. The van der Waals surface area contributed by atoms with Crippen LogP contribution in [0.15, 0.2) is 23.8 Å². The van der Waals surface area contributed by atoms with Crippen molar-refractivity contribution in [2.75, 3.05) is 20.3 Å². The zero-order valence-electron chi connectivity index (χ0n) is 28.9. The summed E-state index contributed by atoms with van der Waals surface area (Å²) in [5, 5.41) is 41.1. The molecule has 4 aliphatic carbocycles. The predicted molar refractivity (Wildman–Crippen MR) is 171 cm³/mol. The van der Waals surface area contributed by atoms with Crippen molar-refractivity contribution >= 4 is 0 Å². The highest BCUT2D eigenvalue weighted by Crippen LogP contribution is 2.77. The van der Waals surface area contributed by atoms with Gasteiger partial charge < -0.3 is 39.4 Å². The predicted octanol–water partition coefficient (Wildman–Crippen LogP) is 4.77. The van der Waals surface area contributed by atoms with Crippen LogP contribution in [-0.4, -0.2) is 89.3 Å². The lowest BCUT2D eigenvalue weighted by Crippen LogP contribution is -2.66. The first-order valence-corrected chi connectivity index (χ1v) is 17.6. The number of fused-ring (bicyclic) bond motifs is 2. The third-order valence-corrected chi connectivity index (χ3v) is 14.6. The number of allylic oxidation sites excluding steroid dienone is 2. The summed E-state index contributed by atoms with van der Waals surface area (Å²) in [6.45, 7) is 16.6. The highest BCUT2D eigenvalue weighted by Gasteiger charge is 2.75. The summed E-state index contributed by atoms with van der Waals surface area (Å²) in [5.41, 5.74) is 0.902. The van der Waals surface area contributed by atoms with Gasteiger partial charge in [-0.05, 0) is 87.4 Å².